The van der Waals surface area contributed by atoms with Crippen molar-refractivity contribution in [3.63, 3.8) is 0 Å². The van der Waals surface area contributed by atoms with Gasteiger partial charge in [0.1, 0.15) is 16.7 Å². The Morgan fingerprint density at radius 1 is 0.905 bits per heavy atom. The molecule has 0 amide bonds. The van der Waals surface area contributed by atoms with E-state index in [1.165, 1.54) is 28.6 Å². The molecule has 2 heterocycles. The van der Waals surface area contributed by atoms with Crippen molar-refractivity contribution in [3.8, 4) is 5.75 Å². The third-order valence-corrected chi connectivity index (χ3v) is 9.46. The molecule has 1 aliphatic heterocycles. The first-order valence-electron chi connectivity index (χ1n) is 13.7. The first-order chi connectivity index (χ1) is 19.9. The molecule has 6 rings (SSSR count). The van der Waals surface area contributed by atoms with Gasteiger partial charge in [0.05, 0.1) is 24.4 Å². The van der Waals surface area contributed by atoms with Crippen LogP contribution in [0.25, 0.3) is 10.8 Å². The van der Waals surface area contributed by atoms with Crippen LogP contribution in [-0.4, -0.2) is 30.7 Å². The number of aromatic nitrogens is 2. The molecule has 0 saturated carbocycles. The number of anilines is 1. The van der Waals surface area contributed by atoms with E-state index in [1.807, 2.05) is 20.8 Å². The maximum absolute atomic E-state index is 14.0. The number of nitrogens with zero attached hydrogens (tertiary/aromatic N) is 2. The van der Waals surface area contributed by atoms with Crippen molar-refractivity contribution in [2.24, 2.45) is 5.41 Å². The maximum atomic E-state index is 14.0. The molecule has 3 aromatic carbocycles. The predicted molar refractivity (Wildman–Crippen MR) is 161 cm³/mol. The van der Waals surface area contributed by atoms with Crippen LogP contribution >= 0.6 is 0 Å². The highest BCUT2D eigenvalue weighted by Gasteiger charge is 2.42. The minimum absolute atomic E-state index is 0.0997. The molecule has 0 saturated heterocycles. The fraction of sp³-hybridized carbons (Fsp3) is 0.281. The summed E-state index contributed by atoms with van der Waals surface area (Å²) in [6.07, 6.45) is 0.833. The lowest BCUT2D eigenvalue weighted by molar-refractivity contribution is -0.118. The second kappa shape index (κ2) is 9.84. The first-order valence-corrected chi connectivity index (χ1v) is 15.2. The van der Waals surface area contributed by atoms with E-state index < -0.39 is 21.6 Å². The quantitative estimate of drug-likeness (QED) is 0.367. The number of Topliss-reactive ketones (excluding diaryl/α,β-unsaturated/α-hetero) is 1. The van der Waals surface area contributed by atoms with E-state index >= 15 is 0 Å². The first kappa shape index (κ1) is 27.7. The standard InChI is InChI=1S/C32H31N3O6S/c1-19-9-12-22(13-10-19)33-42(39,40)27-15-20(11-14-26(27)41-4)29-28-21(16-32(2,3)17-25(28)36)18-34-30(37)23-7-5-6-8-24(23)31(38)35(29)34/h5-15,29,33H,16-18H2,1-4H3. The van der Waals surface area contributed by atoms with Gasteiger partial charge in [0.2, 0.25) is 0 Å². The van der Waals surface area contributed by atoms with Gasteiger partial charge in [-0.15, -0.1) is 0 Å². The molecule has 1 aliphatic carbocycles. The zero-order valence-corrected chi connectivity index (χ0v) is 24.6. The molecule has 0 fully saturated rings. The SMILES string of the molecule is COc1ccc(C2C3=C(Cn4c(=O)c5ccccc5c(=O)n42)CC(C)(C)CC3=O)cc1S(=O)(=O)Nc1ccc(C)cc1. The van der Waals surface area contributed by atoms with Crippen LogP contribution in [0.5, 0.6) is 5.75 Å². The number of carbonyl (C=O) groups is 1. The van der Waals surface area contributed by atoms with Crippen molar-refractivity contribution < 1.29 is 17.9 Å². The Balaban J connectivity index is 1.60. The van der Waals surface area contributed by atoms with Gasteiger partial charge in [0.25, 0.3) is 21.1 Å². The number of fused-ring (bicyclic) bond motifs is 2. The highest BCUT2D eigenvalue weighted by molar-refractivity contribution is 7.92. The predicted octanol–water partition coefficient (Wildman–Crippen LogP) is 4.57. The van der Waals surface area contributed by atoms with Gasteiger partial charge in [-0.25, -0.2) is 17.8 Å². The molecule has 42 heavy (non-hydrogen) atoms. The summed E-state index contributed by atoms with van der Waals surface area (Å²) in [7, 11) is -2.78. The lowest BCUT2D eigenvalue weighted by Gasteiger charge is -2.40. The fourth-order valence-corrected chi connectivity index (χ4v) is 7.46. The van der Waals surface area contributed by atoms with Crippen LogP contribution in [0.2, 0.25) is 0 Å². The Kier molecular flexibility index (Phi) is 6.49. The Labute approximate surface area is 243 Å². The number of ether oxygens (including phenoxy) is 1. The van der Waals surface area contributed by atoms with Crippen LogP contribution in [0, 0.1) is 12.3 Å². The average molecular weight is 586 g/mol. The molecule has 10 heteroatoms. The third kappa shape index (κ3) is 4.56. The maximum Gasteiger partial charge on any atom is 0.274 e. The van der Waals surface area contributed by atoms with Crippen LogP contribution in [0.15, 0.2) is 92.4 Å². The summed E-state index contributed by atoms with van der Waals surface area (Å²) in [5.74, 6) is -0.0225. The summed E-state index contributed by atoms with van der Waals surface area (Å²) < 4.78 is 38.1. The molecule has 0 bridgehead atoms. The van der Waals surface area contributed by atoms with Gasteiger partial charge < -0.3 is 4.74 Å². The average Bonchev–Trinajstić information content (AvgIpc) is 2.95. The number of nitrogens with one attached hydrogen (secondary N) is 1. The van der Waals surface area contributed by atoms with Gasteiger partial charge in [-0.1, -0.05) is 49.7 Å². The molecule has 9 nitrogen and oxygen atoms in total. The molecule has 1 aromatic heterocycles. The molecule has 4 aromatic rings. The lowest BCUT2D eigenvalue weighted by atomic mass is 9.71. The second-order valence-electron chi connectivity index (χ2n) is 11.8. The van der Waals surface area contributed by atoms with E-state index in [9.17, 15) is 22.8 Å². The van der Waals surface area contributed by atoms with Crippen molar-refractivity contribution >= 4 is 32.3 Å². The van der Waals surface area contributed by atoms with E-state index in [2.05, 4.69) is 4.72 Å². The lowest BCUT2D eigenvalue weighted by Crippen LogP contribution is -2.47. The van der Waals surface area contributed by atoms with Gasteiger partial charge in [-0.3, -0.25) is 19.1 Å². The van der Waals surface area contributed by atoms with E-state index in [0.717, 1.165) is 11.1 Å². The number of allylic oxidation sites excluding steroid dienone is 2. The van der Waals surface area contributed by atoms with Crippen LogP contribution in [0.4, 0.5) is 5.69 Å². The monoisotopic (exact) mass is 585 g/mol. The smallest absolute Gasteiger partial charge is 0.274 e. The van der Waals surface area contributed by atoms with Crippen molar-refractivity contribution in [2.45, 2.75) is 51.1 Å². The molecule has 1 N–H and O–H groups in total. The summed E-state index contributed by atoms with van der Waals surface area (Å²) in [6.45, 7) is 6.02. The Morgan fingerprint density at radius 2 is 1.57 bits per heavy atom. The molecule has 0 radical (unpaired) electrons. The highest BCUT2D eigenvalue weighted by atomic mass is 32.2. The van der Waals surface area contributed by atoms with E-state index in [0.29, 0.717) is 28.6 Å². The highest BCUT2D eigenvalue weighted by Crippen LogP contribution is 2.45. The molecular weight excluding hydrogens is 554 g/mol. The number of hydrogen-bond donors (Lipinski definition) is 1. The van der Waals surface area contributed by atoms with Crippen LogP contribution in [0.3, 0.4) is 0 Å². The fourth-order valence-electron chi connectivity index (χ4n) is 6.20. The molecule has 1 atom stereocenters. The minimum atomic E-state index is -4.15. The number of carbonyl (C=O) groups excluding carboxylic acids is 1. The number of benzene rings is 3. The van der Waals surface area contributed by atoms with Gasteiger partial charge in [0.15, 0.2) is 5.78 Å². The normalized spacial score (nSPS) is 18.0. The zero-order valence-electron chi connectivity index (χ0n) is 23.8. The zero-order chi connectivity index (χ0) is 30.0. The number of sulfonamides is 1. The van der Waals surface area contributed by atoms with Crippen LogP contribution < -0.4 is 20.6 Å². The third-order valence-electron chi connectivity index (χ3n) is 8.06. The number of hydrogen-bond acceptors (Lipinski definition) is 6. The second-order valence-corrected chi connectivity index (χ2v) is 13.5. The number of ketones is 1. The summed E-state index contributed by atoms with van der Waals surface area (Å²) >= 11 is 0. The summed E-state index contributed by atoms with van der Waals surface area (Å²) in [5.41, 5.74) is 1.84. The Bertz CT molecular complexity index is 2040. The number of rotatable bonds is 5. The van der Waals surface area contributed by atoms with Crippen molar-refractivity contribution in [1.29, 1.82) is 0 Å². The van der Waals surface area contributed by atoms with Gasteiger partial charge in [-0.2, -0.15) is 0 Å². The van der Waals surface area contributed by atoms with E-state index in [-0.39, 0.29) is 45.8 Å². The van der Waals surface area contributed by atoms with Crippen molar-refractivity contribution in [1.82, 2.24) is 9.36 Å². The number of methoxy groups -OCH3 is 1. The van der Waals surface area contributed by atoms with Crippen LogP contribution in [-0.2, 0) is 21.4 Å². The minimum Gasteiger partial charge on any atom is -0.495 e. The number of aryl methyl sites for hydroxylation is 1. The molecule has 0 spiro atoms. The van der Waals surface area contributed by atoms with E-state index in [1.54, 1.807) is 54.6 Å². The molecular formula is C32H31N3O6S. The Morgan fingerprint density at radius 3 is 2.24 bits per heavy atom. The largest absolute Gasteiger partial charge is 0.495 e. The van der Waals surface area contributed by atoms with E-state index in [4.69, 9.17) is 4.74 Å². The Hall–Kier alpha value is -4.44. The summed E-state index contributed by atoms with van der Waals surface area (Å²) in [6, 6.07) is 17.1. The van der Waals surface area contributed by atoms with Crippen LogP contribution in [0.1, 0.15) is 43.9 Å². The van der Waals surface area contributed by atoms with Gasteiger partial charge in [0, 0.05) is 17.7 Å². The summed E-state index contributed by atoms with van der Waals surface area (Å²) in [4.78, 5) is 41.4. The van der Waals surface area contributed by atoms with Gasteiger partial charge >= 0.3 is 0 Å². The molecule has 2 aliphatic rings. The summed E-state index contributed by atoms with van der Waals surface area (Å²) in [5, 5.41) is 0.530. The van der Waals surface area contributed by atoms with Crippen molar-refractivity contribution in [3.05, 3.63) is 110 Å². The van der Waals surface area contributed by atoms with Crippen molar-refractivity contribution in [2.75, 3.05) is 11.8 Å². The van der Waals surface area contributed by atoms with Gasteiger partial charge in [-0.05, 0) is 66.3 Å². The topological polar surface area (TPSA) is 116 Å². The molecule has 1 unspecified atom stereocenters. The molecule has 216 valence electrons.